The highest BCUT2D eigenvalue weighted by Crippen LogP contribution is 2.33. The number of halogens is 1. The predicted octanol–water partition coefficient (Wildman–Crippen LogP) is 3.27. The minimum absolute atomic E-state index is 0.575. The Labute approximate surface area is 112 Å². The van der Waals surface area contributed by atoms with E-state index in [1.165, 1.54) is 19.3 Å². The minimum Gasteiger partial charge on any atom is -0.309 e. The fourth-order valence-electron chi connectivity index (χ4n) is 2.32. The van der Waals surface area contributed by atoms with Gasteiger partial charge in [-0.05, 0) is 31.4 Å². The van der Waals surface area contributed by atoms with Crippen LogP contribution in [0.2, 0.25) is 5.02 Å². The Morgan fingerprint density at radius 1 is 1.44 bits per heavy atom. The van der Waals surface area contributed by atoms with Crippen molar-refractivity contribution in [1.82, 2.24) is 14.7 Å². The van der Waals surface area contributed by atoms with Gasteiger partial charge >= 0.3 is 0 Å². The van der Waals surface area contributed by atoms with E-state index >= 15 is 0 Å². The normalized spacial score (nSPS) is 17.2. The zero-order chi connectivity index (χ0) is 12.5. The van der Waals surface area contributed by atoms with Crippen molar-refractivity contribution in [3.05, 3.63) is 35.2 Å². The third-order valence-electron chi connectivity index (χ3n) is 3.48. The molecule has 0 radical (unpaired) electrons. The van der Waals surface area contributed by atoms with Crippen molar-refractivity contribution in [1.29, 1.82) is 0 Å². The fraction of sp³-hybridized carbons (Fsp3) is 0.500. The Hall–Kier alpha value is -1.06. The topological polar surface area (TPSA) is 29.3 Å². The van der Waals surface area contributed by atoms with Crippen LogP contribution in [0.15, 0.2) is 24.5 Å². The first-order valence-electron chi connectivity index (χ1n) is 6.57. The van der Waals surface area contributed by atoms with Crippen molar-refractivity contribution in [2.75, 3.05) is 0 Å². The van der Waals surface area contributed by atoms with Crippen LogP contribution < -0.4 is 5.32 Å². The quantitative estimate of drug-likeness (QED) is 0.897. The number of fused-ring (bicyclic) bond motifs is 1. The molecule has 0 saturated heterocycles. The number of imidazole rings is 1. The lowest BCUT2D eigenvalue weighted by Gasteiger charge is -2.11. The molecule has 3 nitrogen and oxygen atoms in total. The second kappa shape index (κ2) is 4.90. The van der Waals surface area contributed by atoms with Gasteiger partial charge in [0, 0.05) is 25.0 Å². The molecule has 96 valence electrons. The van der Waals surface area contributed by atoms with Crippen LogP contribution in [-0.4, -0.2) is 15.4 Å². The molecule has 0 spiro atoms. The van der Waals surface area contributed by atoms with Gasteiger partial charge in [0.15, 0.2) is 0 Å². The first-order valence-corrected chi connectivity index (χ1v) is 6.95. The Morgan fingerprint density at radius 3 is 3.06 bits per heavy atom. The molecule has 0 aromatic carbocycles. The molecule has 0 amide bonds. The molecule has 4 heteroatoms. The monoisotopic (exact) mass is 263 g/mol. The van der Waals surface area contributed by atoms with Gasteiger partial charge in [0.05, 0.1) is 10.7 Å². The van der Waals surface area contributed by atoms with Gasteiger partial charge < -0.3 is 9.72 Å². The average molecular weight is 264 g/mol. The number of nitrogens with one attached hydrogen (secondary N) is 1. The highest BCUT2D eigenvalue weighted by molar-refractivity contribution is 6.30. The number of hydrogen-bond donors (Lipinski definition) is 1. The molecular formula is C14H18ClN3. The van der Waals surface area contributed by atoms with Crippen molar-refractivity contribution in [2.45, 2.75) is 38.8 Å². The van der Waals surface area contributed by atoms with Gasteiger partial charge in [-0.25, -0.2) is 4.98 Å². The van der Waals surface area contributed by atoms with Crippen LogP contribution in [0.25, 0.3) is 5.65 Å². The largest absolute Gasteiger partial charge is 0.309 e. The third kappa shape index (κ3) is 2.85. The fourth-order valence-corrected chi connectivity index (χ4v) is 2.49. The Kier molecular flexibility index (Phi) is 3.27. The number of rotatable bonds is 5. The zero-order valence-electron chi connectivity index (χ0n) is 10.6. The standard InChI is InChI=1S/C14H18ClN3/c1-10(6-11-2-3-11)16-7-13-9-18-8-12(15)4-5-14(18)17-13/h4-5,8-11,16H,2-3,6-7H2,1H3. The van der Waals surface area contributed by atoms with Crippen molar-refractivity contribution < 1.29 is 0 Å². The molecule has 1 fully saturated rings. The molecule has 1 atom stereocenters. The van der Waals surface area contributed by atoms with Crippen molar-refractivity contribution >= 4 is 17.2 Å². The van der Waals surface area contributed by atoms with Crippen molar-refractivity contribution in [3.8, 4) is 0 Å². The number of nitrogens with zero attached hydrogens (tertiary/aromatic N) is 2. The van der Waals surface area contributed by atoms with Crippen LogP contribution in [0.5, 0.6) is 0 Å². The van der Waals surface area contributed by atoms with E-state index in [0.717, 1.165) is 28.8 Å². The zero-order valence-corrected chi connectivity index (χ0v) is 11.3. The molecule has 0 bridgehead atoms. The van der Waals surface area contributed by atoms with Crippen LogP contribution in [-0.2, 0) is 6.54 Å². The summed E-state index contributed by atoms with van der Waals surface area (Å²) in [5.41, 5.74) is 2.02. The number of hydrogen-bond acceptors (Lipinski definition) is 2. The molecule has 0 aliphatic heterocycles. The SMILES string of the molecule is CC(CC1CC1)NCc1cn2cc(Cl)ccc2n1. The molecule has 1 N–H and O–H groups in total. The molecule has 2 aromatic rings. The van der Waals surface area contributed by atoms with E-state index in [0.29, 0.717) is 6.04 Å². The summed E-state index contributed by atoms with van der Waals surface area (Å²) in [6.07, 6.45) is 8.05. The summed E-state index contributed by atoms with van der Waals surface area (Å²) in [4.78, 5) is 4.56. The van der Waals surface area contributed by atoms with Crippen LogP contribution in [0.3, 0.4) is 0 Å². The summed E-state index contributed by atoms with van der Waals surface area (Å²) in [7, 11) is 0. The predicted molar refractivity (Wildman–Crippen MR) is 73.8 cm³/mol. The van der Waals surface area contributed by atoms with Crippen LogP contribution in [0.4, 0.5) is 0 Å². The van der Waals surface area contributed by atoms with E-state index in [1.54, 1.807) is 0 Å². The maximum atomic E-state index is 5.96. The minimum atomic E-state index is 0.575. The Bertz CT molecular complexity index is 545. The van der Waals surface area contributed by atoms with Crippen molar-refractivity contribution in [2.24, 2.45) is 5.92 Å². The molecule has 1 aliphatic carbocycles. The highest BCUT2D eigenvalue weighted by Gasteiger charge is 2.23. The van der Waals surface area contributed by atoms with E-state index in [1.807, 2.05) is 28.9 Å². The number of aromatic nitrogens is 2. The Balaban J connectivity index is 1.63. The van der Waals surface area contributed by atoms with Gasteiger partial charge in [-0.15, -0.1) is 0 Å². The molecule has 2 heterocycles. The lowest BCUT2D eigenvalue weighted by atomic mass is 10.1. The molecule has 2 aromatic heterocycles. The second-order valence-corrected chi connectivity index (χ2v) is 5.74. The smallest absolute Gasteiger partial charge is 0.137 e. The summed E-state index contributed by atoms with van der Waals surface area (Å²) in [6, 6.07) is 4.39. The van der Waals surface area contributed by atoms with E-state index < -0.39 is 0 Å². The average Bonchev–Trinajstić information content (AvgIpc) is 3.04. The lowest BCUT2D eigenvalue weighted by molar-refractivity contribution is 0.485. The summed E-state index contributed by atoms with van der Waals surface area (Å²) in [5, 5.41) is 4.27. The van der Waals surface area contributed by atoms with E-state index in [4.69, 9.17) is 11.6 Å². The van der Waals surface area contributed by atoms with Gasteiger partial charge in [0.25, 0.3) is 0 Å². The van der Waals surface area contributed by atoms with Gasteiger partial charge in [-0.3, -0.25) is 0 Å². The van der Waals surface area contributed by atoms with Gasteiger partial charge in [-0.1, -0.05) is 24.4 Å². The molecule has 1 unspecified atom stereocenters. The summed E-state index contributed by atoms with van der Waals surface area (Å²) < 4.78 is 1.98. The van der Waals surface area contributed by atoms with Gasteiger partial charge in [0.1, 0.15) is 5.65 Å². The third-order valence-corrected chi connectivity index (χ3v) is 3.70. The number of pyridine rings is 1. The molecule has 1 saturated carbocycles. The van der Waals surface area contributed by atoms with E-state index in [2.05, 4.69) is 17.2 Å². The maximum Gasteiger partial charge on any atom is 0.137 e. The van der Waals surface area contributed by atoms with Crippen LogP contribution >= 0.6 is 11.6 Å². The molecular weight excluding hydrogens is 246 g/mol. The summed E-state index contributed by atoms with van der Waals surface area (Å²) in [6.45, 7) is 3.08. The lowest BCUT2D eigenvalue weighted by Crippen LogP contribution is -2.26. The summed E-state index contributed by atoms with van der Waals surface area (Å²) in [5.74, 6) is 0.965. The van der Waals surface area contributed by atoms with Crippen LogP contribution in [0, 0.1) is 5.92 Å². The first kappa shape index (κ1) is 12.0. The molecule has 3 rings (SSSR count). The second-order valence-electron chi connectivity index (χ2n) is 5.31. The first-order chi connectivity index (χ1) is 8.70. The maximum absolute atomic E-state index is 5.96. The Morgan fingerprint density at radius 2 is 2.28 bits per heavy atom. The van der Waals surface area contributed by atoms with Crippen LogP contribution in [0.1, 0.15) is 31.9 Å². The molecule has 18 heavy (non-hydrogen) atoms. The highest BCUT2D eigenvalue weighted by atomic mass is 35.5. The van der Waals surface area contributed by atoms with E-state index in [-0.39, 0.29) is 0 Å². The summed E-state index contributed by atoms with van der Waals surface area (Å²) >= 11 is 5.96. The van der Waals surface area contributed by atoms with Gasteiger partial charge in [0.2, 0.25) is 0 Å². The van der Waals surface area contributed by atoms with E-state index in [9.17, 15) is 0 Å². The van der Waals surface area contributed by atoms with Gasteiger partial charge in [-0.2, -0.15) is 0 Å². The van der Waals surface area contributed by atoms with Crippen molar-refractivity contribution in [3.63, 3.8) is 0 Å². The molecule has 1 aliphatic rings.